The average Bonchev–Trinajstić information content (AvgIpc) is 3.50. The Labute approximate surface area is 182 Å². The van der Waals surface area contributed by atoms with Gasteiger partial charge in [0.25, 0.3) is 0 Å². The molecular formula is C25H21BrO2S. The summed E-state index contributed by atoms with van der Waals surface area (Å²) in [6, 6.07) is 24.7. The van der Waals surface area contributed by atoms with Gasteiger partial charge in [0.2, 0.25) is 0 Å². The van der Waals surface area contributed by atoms with Gasteiger partial charge in [-0.2, -0.15) is 0 Å². The van der Waals surface area contributed by atoms with E-state index in [1.165, 1.54) is 28.5 Å². The van der Waals surface area contributed by atoms with Crippen LogP contribution in [0.2, 0.25) is 0 Å². The van der Waals surface area contributed by atoms with Crippen LogP contribution in [0.1, 0.15) is 46.4 Å². The Morgan fingerprint density at radius 2 is 1.76 bits per heavy atom. The molecule has 1 fully saturated rings. The van der Waals surface area contributed by atoms with Gasteiger partial charge in [-0.3, -0.25) is 0 Å². The van der Waals surface area contributed by atoms with Crippen molar-refractivity contribution >= 4 is 37.4 Å². The summed E-state index contributed by atoms with van der Waals surface area (Å²) in [5, 5.41) is 12.4. The number of ether oxygens (including phenoxy) is 1. The Bertz CT molecular complexity index is 1120. The lowest BCUT2D eigenvalue weighted by Gasteiger charge is -2.18. The molecule has 1 aliphatic rings. The highest BCUT2D eigenvalue weighted by Gasteiger charge is 2.30. The topological polar surface area (TPSA) is 29.5 Å². The Hall–Kier alpha value is -2.14. The monoisotopic (exact) mass is 464 g/mol. The van der Waals surface area contributed by atoms with E-state index in [9.17, 15) is 5.11 Å². The molecule has 1 aromatic heterocycles. The maximum Gasteiger partial charge on any atom is 0.134 e. The van der Waals surface area contributed by atoms with Crippen molar-refractivity contribution in [3.63, 3.8) is 0 Å². The molecule has 4 heteroatoms. The van der Waals surface area contributed by atoms with E-state index in [-0.39, 0.29) is 0 Å². The standard InChI is InChI=1S/C25H21BrO2S/c26-21-13-20(25(27)24-12-18-8-4-5-9-23(18)29-24)19(17-10-11-17)14-22(21)28-15-16-6-2-1-3-7-16/h1-9,12-14,17,25,27H,10-11,15H2. The Balaban J connectivity index is 1.47. The largest absolute Gasteiger partial charge is 0.488 e. The lowest BCUT2D eigenvalue weighted by Crippen LogP contribution is -2.04. The Morgan fingerprint density at radius 3 is 2.52 bits per heavy atom. The molecule has 0 spiro atoms. The minimum Gasteiger partial charge on any atom is -0.488 e. The second-order valence-electron chi connectivity index (χ2n) is 7.55. The van der Waals surface area contributed by atoms with E-state index in [1.807, 2.05) is 36.4 Å². The number of thiophene rings is 1. The number of halogens is 1. The van der Waals surface area contributed by atoms with Crippen LogP contribution in [-0.2, 0) is 6.61 Å². The molecule has 2 nitrogen and oxygen atoms in total. The number of fused-ring (bicyclic) bond motifs is 1. The van der Waals surface area contributed by atoms with Gasteiger partial charge in [0.15, 0.2) is 0 Å². The fraction of sp³-hybridized carbons (Fsp3) is 0.200. The van der Waals surface area contributed by atoms with Crippen molar-refractivity contribution in [1.82, 2.24) is 0 Å². The third kappa shape index (κ3) is 3.97. The molecule has 1 N–H and O–H groups in total. The van der Waals surface area contributed by atoms with Gasteiger partial charge in [0.1, 0.15) is 18.5 Å². The first kappa shape index (κ1) is 18.9. The van der Waals surface area contributed by atoms with E-state index in [1.54, 1.807) is 11.3 Å². The highest BCUT2D eigenvalue weighted by atomic mass is 79.9. The summed E-state index contributed by atoms with van der Waals surface area (Å²) in [6.45, 7) is 0.530. The zero-order valence-electron chi connectivity index (χ0n) is 15.8. The van der Waals surface area contributed by atoms with Crippen molar-refractivity contribution in [2.45, 2.75) is 31.5 Å². The van der Waals surface area contributed by atoms with Gasteiger partial charge in [-0.1, -0.05) is 48.5 Å². The van der Waals surface area contributed by atoms with Crippen molar-refractivity contribution in [3.05, 3.63) is 98.8 Å². The number of aliphatic hydroxyl groups excluding tert-OH is 1. The van der Waals surface area contributed by atoms with Crippen molar-refractivity contribution < 1.29 is 9.84 Å². The second-order valence-corrected chi connectivity index (χ2v) is 9.52. The van der Waals surface area contributed by atoms with Crippen molar-refractivity contribution in [2.24, 2.45) is 0 Å². The molecule has 0 bridgehead atoms. The molecule has 29 heavy (non-hydrogen) atoms. The molecule has 1 unspecified atom stereocenters. The van der Waals surface area contributed by atoms with Crippen LogP contribution in [0.4, 0.5) is 0 Å². The van der Waals surface area contributed by atoms with E-state index < -0.39 is 6.10 Å². The lowest BCUT2D eigenvalue weighted by atomic mass is 9.97. The number of hydrogen-bond acceptors (Lipinski definition) is 3. The van der Waals surface area contributed by atoms with E-state index in [2.05, 4.69) is 52.3 Å². The van der Waals surface area contributed by atoms with Crippen LogP contribution in [0.5, 0.6) is 5.75 Å². The summed E-state index contributed by atoms with van der Waals surface area (Å²) >= 11 is 5.33. The number of benzene rings is 3. The summed E-state index contributed by atoms with van der Waals surface area (Å²) in [5.41, 5.74) is 3.33. The van der Waals surface area contributed by atoms with Gasteiger partial charge in [0.05, 0.1) is 4.47 Å². The Morgan fingerprint density at radius 1 is 1.00 bits per heavy atom. The summed E-state index contributed by atoms with van der Waals surface area (Å²) in [7, 11) is 0. The normalized spacial score (nSPS) is 14.8. The quantitative estimate of drug-likeness (QED) is 0.326. The van der Waals surface area contributed by atoms with Crippen LogP contribution in [0.25, 0.3) is 10.1 Å². The molecule has 5 rings (SSSR count). The third-order valence-corrected chi connectivity index (χ3v) is 7.19. The zero-order valence-corrected chi connectivity index (χ0v) is 18.2. The molecular weight excluding hydrogens is 444 g/mol. The Kier molecular flexibility index (Phi) is 5.17. The molecule has 1 heterocycles. The highest BCUT2D eigenvalue weighted by Crippen LogP contribution is 2.47. The molecule has 0 aliphatic heterocycles. The van der Waals surface area contributed by atoms with Gasteiger partial charge in [0, 0.05) is 9.58 Å². The van der Waals surface area contributed by atoms with Gasteiger partial charge in [-0.25, -0.2) is 0 Å². The third-order valence-electron chi connectivity index (χ3n) is 5.40. The van der Waals surface area contributed by atoms with Gasteiger partial charge in [-0.15, -0.1) is 11.3 Å². The van der Waals surface area contributed by atoms with Crippen LogP contribution < -0.4 is 4.74 Å². The number of hydrogen-bond donors (Lipinski definition) is 1. The van der Waals surface area contributed by atoms with Crippen molar-refractivity contribution in [1.29, 1.82) is 0 Å². The molecule has 146 valence electrons. The van der Waals surface area contributed by atoms with Gasteiger partial charge >= 0.3 is 0 Å². The maximum absolute atomic E-state index is 11.2. The van der Waals surface area contributed by atoms with Crippen LogP contribution >= 0.6 is 27.3 Å². The molecule has 1 saturated carbocycles. The highest BCUT2D eigenvalue weighted by molar-refractivity contribution is 9.10. The minimum absolute atomic E-state index is 0.515. The summed E-state index contributed by atoms with van der Waals surface area (Å²) in [4.78, 5) is 0.984. The lowest BCUT2D eigenvalue weighted by molar-refractivity contribution is 0.222. The predicted molar refractivity (Wildman–Crippen MR) is 123 cm³/mol. The summed E-state index contributed by atoms with van der Waals surface area (Å²) in [5.74, 6) is 1.35. The zero-order chi connectivity index (χ0) is 19.8. The van der Waals surface area contributed by atoms with Crippen molar-refractivity contribution in [3.8, 4) is 5.75 Å². The second kappa shape index (κ2) is 7.94. The summed E-state index contributed by atoms with van der Waals surface area (Å²) in [6.07, 6.45) is 1.72. The first-order chi connectivity index (χ1) is 14.2. The summed E-state index contributed by atoms with van der Waals surface area (Å²) < 4.78 is 8.19. The average molecular weight is 465 g/mol. The van der Waals surface area contributed by atoms with Gasteiger partial charge < -0.3 is 9.84 Å². The fourth-order valence-electron chi connectivity index (χ4n) is 3.71. The molecule has 0 radical (unpaired) electrons. The first-order valence-electron chi connectivity index (χ1n) is 9.85. The molecule has 0 saturated heterocycles. The molecule has 4 aromatic rings. The van der Waals surface area contributed by atoms with E-state index in [0.717, 1.165) is 26.2 Å². The number of rotatable bonds is 6. The van der Waals surface area contributed by atoms with Crippen LogP contribution in [0, 0.1) is 0 Å². The molecule has 1 aliphatic carbocycles. The molecule has 3 aromatic carbocycles. The van der Waals surface area contributed by atoms with Crippen LogP contribution in [0.3, 0.4) is 0 Å². The van der Waals surface area contributed by atoms with E-state index >= 15 is 0 Å². The minimum atomic E-state index is -0.623. The smallest absolute Gasteiger partial charge is 0.134 e. The fourth-order valence-corrected chi connectivity index (χ4v) is 5.25. The van der Waals surface area contributed by atoms with Gasteiger partial charge in [-0.05, 0) is 81.0 Å². The predicted octanol–water partition coefficient (Wildman–Crippen LogP) is 7.20. The van der Waals surface area contributed by atoms with Crippen molar-refractivity contribution in [2.75, 3.05) is 0 Å². The van der Waals surface area contributed by atoms with Crippen LogP contribution in [-0.4, -0.2) is 5.11 Å². The number of aliphatic hydroxyl groups is 1. The molecule has 1 atom stereocenters. The SMILES string of the molecule is OC(c1cc2ccccc2s1)c1cc(Br)c(OCc2ccccc2)cc1C1CC1. The maximum atomic E-state index is 11.2. The van der Waals surface area contributed by atoms with E-state index in [0.29, 0.717) is 12.5 Å². The first-order valence-corrected chi connectivity index (χ1v) is 11.5. The van der Waals surface area contributed by atoms with Crippen LogP contribution in [0.15, 0.2) is 77.3 Å². The molecule has 0 amide bonds. The van der Waals surface area contributed by atoms with E-state index in [4.69, 9.17) is 4.74 Å².